The minimum absolute atomic E-state index is 0.0885. The normalized spacial score (nSPS) is 16.5. The highest BCUT2D eigenvalue weighted by molar-refractivity contribution is 7.99. The van der Waals surface area contributed by atoms with Crippen molar-refractivity contribution in [3.05, 3.63) is 70.0 Å². The molecule has 196 valence electrons. The fraction of sp³-hybridized carbons (Fsp3) is 0.483. The third-order valence-electron chi connectivity index (χ3n) is 6.46. The van der Waals surface area contributed by atoms with E-state index < -0.39 is 11.7 Å². The van der Waals surface area contributed by atoms with Gasteiger partial charge in [0.25, 0.3) is 0 Å². The van der Waals surface area contributed by atoms with E-state index in [0.29, 0.717) is 36.5 Å². The number of allylic oxidation sites excluding steroid dienone is 2. The van der Waals surface area contributed by atoms with E-state index in [1.165, 1.54) is 29.5 Å². The number of carbonyl (C=O) groups is 1. The van der Waals surface area contributed by atoms with Crippen LogP contribution in [0.3, 0.4) is 0 Å². The molecule has 36 heavy (non-hydrogen) atoms. The average Bonchev–Trinajstić information content (AvgIpc) is 2.84. The van der Waals surface area contributed by atoms with Gasteiger partial charge in [0.1, 0.15) is 5.76 Å². The molecule has 0 radical (unpaired) electrons. The minimum atomic E-state index is -4.33. The summed E-state index contributed by atoms with van der Waals surface area (Å²) in [5, 5.41) is 0. The van der Waals surface area contributed by atoms with Gasteiger partial charge in [-0.05, 0) is 85.7 Å². The highest BCUT2D eigenvalue weighted by Gasteiger charge is 2.32. The lowest BCUT2D eigenvalue weighted by atomic mass is 9.79. The predicted molar refractivity (Wildman–Crippen MR) is 139 cm³/mol. The molecule has 0 aliphatic heterocycles. The Hall–Kier alpha value is -2.25. The van der Waals surface area contributed by atoms with Gasteiger partial charge in [0.2, 0.25) is 0 Å². The number of halogens is 3. The standard InChI is InChI=1S/C29H35F3O3S/c1-5-21-14-19(4)15-22(6-2)27(21)28-25(33)16-20(17-26(28)35-18-34-7-3)12-13-36-24-10-8-23(9-11-24)29(30,31)32/h8-11,14-15,20H,5-7,12-13,16-18H2,1-4H3. The first-order chi connectivity index (χ1) is 17.2. The predicted octanol–water partition coefficient (Wildman–Crippen LogP) is 8.02. The molecule has 1 aliphatic rings. The Labute approximate surface area is 216 Å². The highest BCUT2D eigenvalue weighted by Crippen LogP contribution is 2.39. The van der Waals surface area contributed by atoms with Gasteiger partial charge in [-0.3, -0.25) is 4.79 Å². The van der Waals surface area contributed by atoms with E-state index in [9.17, 15) is 18.0 Å². The van der Waals surface area contributed by atoms with Crippen LogP contribution in [0, 0.1) is 12.8 Å². The Morgan fingerprint density at radius 2 is 1.64 bits per heavy atom. The van der Waals surface area contributed by atoms with Crippen molar-refractivity contribution >= 4 is 23.1 Å². The quantitative estimate of drug-likeness (QED) is 0.171. The number of benzene rings is 2. The molecule has 0 aromatic heterocycles. The molecule has 0 spiro atoms. The second-order valence-electron chi connectivity index (χ2n) is 9.08. The Morgan fingerprint density at radius 1 is 1.00 bits per heavy atom. The summed E-state index contributed by atoms with van der Waals surface area (Å²) in [7, 11) is 0. The number of carbonyl (C=O) groups excluding carboxylic acids is 1. The van der Waals surface area contributed by atoms with E-state index in [2.05, 4.69) is 32.9 Å². The zero-order valence-corrected chi connectivity index (χ0v) is 22.3. The molecule has 1 atom stereocenters. The summed E-state index contributed by atoms with van der Waals surface area (Å²) < 4.78 is 49.9. The van der Waals surface area contributed by atoms with Crippen LogP contribution in [-0.4, -0.2) is 24.9 Å². The van der Waals surface area contributed by atoms with E-state index in [1.54, 1.807) is 0 Å². The molecule has 3 rings (SSSR count). The summed E-state index contributed by atoms with van der Waals surface area (Å²) in [6.45, 7) is 8.81. The molecule has 1 unspecified atom stereocenters. The van der Waals surface area contributed by atoms with Crippen LogP contribution in [0.25, 0.3) is 5.57 Å². The smallest absolute Gasteiger partial charge is 0.416 e. The number of hydrogen-bond donors (Lipinski definition) is 0. The van der Waals surface area contributed by atoms with Crippen LogP contribution in [0.4, 0.5) is 13.2 Å². The maximum Gasteiger partial charge on any atom is 0.416 e. The Balaban J connectivity index is 1.79. The van der Waals surface area contributed by atoms with Crippen molar-refractivity contribution < 1.29 is 27.4 Å². The van der Waals surface area contributed by atoms with E-state index in [0.717, 1.165) is 53.0 Å². The summed E-state index contributed by atoms with van der Waals surface area (Å²) in [5.74, 6) is 1.60. The number of aryl methyl sites for hydroxylation is 3. The number of alkyl halides is 3. The largest absolute Gasteiger partial charge is 0.471 e. The van der Waals surface area contributed by atoms with Crippen molar-refractivity contribution in [3.8, 4) is 0 Å². The van der Waals surface area contributed by atoms with Gasteiger partial charge in [0.15, 0.2) is 12.6 Å². The molecule has 0 fully saturated rings. The summed E-state index contributed by atoms with van der Waals surface area (Å²) >= 11 is 1.51. The number of ether oxygens (including phenoxy) is 2. The molecule has 3 nitrogen and oxygen atoms in total. The molecular formula is C29H35F3O3S. The van der Waals surface area contributed by atoms with Gasteiger partial charge in [-0.1, -0.05) is 31.5 Å². The molecule has 2 aromatic rings. The van der Waals surface area contributed by atoms with Crippen LogP contribution >= 0.6 is 11.8 Å². The summed E-state index contributed by atoms with van der Waals surface area (Å²) in [6, 6.07) is 9.54. The van der Waals surface area contributed by atoms with Crippen LogP contribution in [0.1, 0.15) is 67.9 Å². The second kappa shape index (κ2) is 12.8. The van der Waals surface area contributed by atoms with Crippen molar-refractivity contribution in [3.63, 3.8) is 0 Å². The molecule has 1 aliphatic carbocycles. The molecule has 0 N–H and O–H groups in total. The van der Waals surface area contributed by atoms with Gasteiger partial charge in [-0.2, -0.15) is 13.2 Å². The zero-order valence-electron chi connectivity index (χ0n) is 21.5. The number of thioether (sulfide) groups is 1. The lowest BCUT2D eigenvalue weighted by molar-refractivity contribution is -0.137. The van der Waals surface area contributed by atoms with Gasteiger partial charge >= 0.3 is 6.18 Å². The van der Waals surface area contributed by atoms with Crippen molar-refractivity contribution in [1.29, 1.82) is 0 Å². The zero-order chi connectivity index (χ0) is 26.3. The first-order valence-corrected chi connectivity index (χ1v) is 13.6. The maximum absolute atomic E-state index is 13.5. The first kappa shape index (κ1) is 28.3. The van der Waals surface area contributed by atoms with Crippen LogP contribution in [0.15, 0.2) is 47.1 Å². The SMILES string of the molecule is CCOCOC1=C(c2c(CC)cc(C)cc2CC)C(=O)CC(CCSc2ccc(C(F)(F)F)cc2)C1. The Morgan fingerprint density at radius 3 is 2.19 bits per heavy atom. The Kier molecular flexibility index (Phi) is 10.1. The van der Waals surface area contributed by atoms with Crippen LogP contribution in [-0.2, 0) is 33.3 Å². The third-order valence-corrected chi connectivity index (χ3v) is 7.51. The first-order valence-electron chi connectivity index (χ1n) is 12.6. The Bertz CT molecular complexity index is 1050. The number of ketones is 1. The molecule has 0 saturated carbocycles. The summed E-state index contributed by atoms with van der Waals surface area (Å²) in [5.41, 5.74) is 4.56. The van der Waals surface area contributed by atoms with E-state index >= 15 is 0 Å². The van der Waals surface area contributed by atoms with Crippen LogP contribution in [0.5, 0.6) is 0 Å². The van der Waals surface area contributed by atoms with E-state index in [4.69, 9.17) is 9.47 Å². The lowest BCUT2D eigenvalue weighted by Gasteiger charge is -2.28. The number of Topliss-reactive ketones (excluding diaryl/α,β-unsaturated/α-hetero) is 1. The van der Waals surface area contributed by atoms with Crippen LogP contribution < -0.4 is 0 Å². The molecule has 0 bridgehead atoms. The monoisotopic (exact) mass is 520 g/mol. The summed E-state index contributed by atoms with van der Waals surface area (Å²) in [4.78, 5) is 14.3. The fourth-order valence-corrected chi connectivity index (χ4v) is 5.69. The van der Waals surface area contributed by atoms with Gasteiger partial charge in [0.05, 0.1) is 11.1 Å². The average molecular weight is 521 g/mol. The summed E-state index contributed by atoms with van der Waals surface area (Å²) in [6.07, 6.45) is -0.840. The third kappa shape index (κ3) is 7.16. The van der Waals surface area contributed by atoms with Gasteiger partial charge in [0, 0.05) is 24.3 Å². The van der Waals surface area contributed by atoms with Crippen molar-refractivity contribution in [2.24, 2.45) is 5.92 Å². The molecule has 0 amide bonds. The van der Waals surface area contributed by atoms with E-state index in [1.807, 2.05) is 6.92 Å². The van der Waals surface area contributed by atoms with Crippen molar-refractivity contribution in [1.82, 2.24) is 0 Å². The van der Waals surface area contributed by atoms with E-state index in [-0.39, 0.29) is 18.5 Å². The second-order valence-corrected chi connectivity index (χ2v) is 10.2. The number of rotatable bonds is 11. The minimum Gasteiger partial charge on any atom is -0.471 e. The highest BCUT2D eigenvalue weighted by atomic mass is 32.2. The van der Waals surface area contributed by atoms with Crippen molar-refractivity contribution in [2.45, 2.75) is 70.9 Å². The van der Waals surface area contributed by atoms with Crippen LogP contribution in [0.2, 0.25) is 0 Å². The number of hydrogen-bond acceptors (Lipinski definition) is 4. The van der Waals surface area contributed by atoms with Gasteiger partial charge < -0.3 is 9.47 Å². The molecule has 7 heteroatoms. The molecular weight excluding hydrogens is 485 g/mol. The van der Waals surface area contributed by atoms with Crippen molar-refractivity contribution in [2.75, 3.05) is 19.2 Å². The maximum atomic E-state index is 13.5. The lowest BCUT2D eigenvalue weighted by Crippen LogP contribution is -2.22. The molecule has 2 aromatic carbocycles. The van der Waals surface area contributed by atoms with Gasteiger partial charge in [-0.25, -0.2) is 0 Å². The van der Waals surface area contributed by atoms with Gasteiger partial charge in [-0.15, -0.1) is 11.8 Å². The topological polar surface area (TPSA) is 35.5 Å². The molecule has 0 saturated heterocycles. The fourth-order valence-electron chi connectivity index (χ4n) is 4.67. The molecule has 0 heterocycles.